The third-order valence-electron chi connectivity index (χ3n) is 5.28. The highest BCUT2D eigenvalue weighted by Crippen LogP contribution is 2.33. The largest absolute Gasteiger partial charge is 0.322 e. The maximum absolute atomic E-state index is 13.3. The van der Waals surface area contributed by atoms with Crippen LogP contribution in [0.5, 0.6) is 0 Å². The molecular weight excluding hydrogens is 466 g/mol. The van der Waals surface area contributed by atoms with Crippen molar-refractivity contribution in [3.05, 3.63) is 76.6 Å². The number of aromatic nitrogens is 1. The Morgan fingerprint density at radius 2 is 1.91 bits per heavy atom. The average molecular weight is 484 g/mol. The number of sulfonamides is 1. The second kappa shape index (κ2) is 8.20. The molecule has 1 amide bonds. The van der Waals surface area contributed by atoms with Gasteiger partial charge in [-0.2, -0.15) is 0 Å². The standard InChI is InChI=1S/C23H18ClN3O3S2/c24-22-10-9-21(31-22)20-14-18(17-7-1-2-8-19(17)26-20)23(28)25-15-5-3-6-16(13-15)27-11-4-12-32(27,29)30/h1-3,5-10,13-14H,4,11-12H2,(H,25,28). The van der Waals surface area contributed by atoms with E-state index in [4.69, 9.17) is 11.6 Å². The number of rotatable bonds is 4. The smallest absolute Gasteiger partial charge is 0.256 e. The minimum absolute atomic E-state index is 0.141. The topological polar surface area (TPSA) is 79.4 Å². The fourth-order valence-electron chi connectivity index (χ4n) is 3.81. The summed E-state index contributed by atoms with van der Waals surface area (Å²) in [4.78, 5) is 18.8. The monoisotopic (exact) mass is 483 g/mol. The van der Waals surface area contributed by atoms with Crippen molar-refractivity contribution in [3.8, 4) is 10.6 Å². The number of carbonyl (C=O) groups excluding carboxylic acids is 1. The SMILES string of the molecule is O=C(Nc1cccc(N2CCCS2(=O)=O)c1)c1cc(-c2ccc(Cl)s2)nc2ccccc12. The van der Waals surface area contributed by atoms with Crippen molar-refractivity contribution in [2.24, 2.45) is 0 Å². The van der Waals surface area contributed by atoms with Gasteiger partial charge in [0.25, 0.3) is 5.91 Å². The predicted octanol–water partition coefficient (Wildman–Crippen LogP) is 5.41. The van der Waals surface area contributed by atoms with Crippen molar-refractivity contribution in [1.82, 2.24) is 4.98 Å². The van der Waals surface area contributed by atoms with Gasteiger partial charge in [0.1, 0.15) is 0 Å². The van der Waals surface area contributed by atoms with Gasteiger partial charge in [0, 0.05) is 17.6 Å². The molecule has 1 aliphatic heterocycles. The van der Waals surface area contributed by atoms with Gasteiger partial charge in [-0.25, -0.2) is 13.4 Å². The quantitative estimate of drug-likeness (QED) is 0.421. The molecule has 0 bridgehead atoms. The van der Waals surface area contributed by atoms with E-state index in [9.17, 15) is 13.2 Å². The molecule has 4 aromatic rings. The molecule has 1 saturated heterocycles. The van der Waals surface area contributed by atoms with Gasteiger partial charge in [0.05, 0.1) is 37.4 Å². The Bertz CT molecular complexity index is 1450. The van der Waals surface area contributed by atoms with Crippen molar-refractivity contribution >= 4 is 61.1 Å². The Hall–Kier alpha value is -2.94. The summed E-state index contributed by atoms with van der Waals surface area (Å²) in [7, 11) is -3.30. The molecule has 162 valence electrons. The number of para-hydroxylation sites is 1. The van der Waals surface area contributed by atoms with Gasteiger partial charge in [-0.15, -0.1) is 11.3 Å². The molecule has 0 spiro atoms. The van der Waals surface area contributed by atoms with Crippen molar-refractivity contribution in [2.45, 2.75) is 6.42 Å². The lowest BCUT2D eigenvalue weighted by atomic mass is 10.1. The maximum Gasteiger partial charge on any atom is 0.256 e. The zero-order valence-electron chi connectivity index (χ0n) is 16.8. The summed E-state index contributed by atoms with van der Waals surface area (Å²) in [5.74, 6) is -0.156. The number of anilines is 2. The Morgan fingerprint density at radius 3 is 2.66 bits per heavy atom. The molecule has 0 aliphatic carbocycles. The van der Waals surface area contributed by atoms with Gasteiger partial charge in [-0.05, 0) is 48.9 Å². The Kier molecular flexibility index (Phi) is 5.36. The number of halogens is 1. The number of pyridine rings is 1. The number of amides is 1. The number of carbonyl (C=O) groups is 1. The van der Waals surface area contributed by atoms with Crippen LogP contribution < -0.4 is 9.62 Å². The van der Waals surface area contributed by atoms with Crippen LogP contribution in [0.2, 0.25) is 4.34 Å². The summed E-state index contributed by atoms with van der Waals surface area (Å²) in [5, 5.41) is 3.65. The van der Waals surface area contributed by atoms with Crippen molar-refractivity contribution in [1.29, 1.82) is 0 Å². The lowest BCUT2D eigenvalue weighted by molar-refractivity contribution is 0.102. The highest BCUT2D eigenvalue weighted by molar-refractivity contribution is 7.93. The van der Waals surface area contributed by atoms with Crippen LogP contribution in [0.4, 0.5) is 11.4 Å². The van der Waals surface area contributed by atoms with Crippen LogP contribution in [0.3, 0.4) is 0 Å². The highest BCUT2D eigenvalue weighted by Gasteiger charge is 2.28. The molecule has 0 radical (unpaired) electrons. The van der Waals surface area contributed by atoms with E-state index >= 15 is 0 Å². The van der Waals surface area contributed by atoms with Crippen LogP contribution in [0.25, 0.3) is 21.5 Å². The molecule has 9 heteroatoms. The summed E-state index contributed by atoms with van der Waals surface area (Å²) in [6.07, 6.45) is 0.595. The molecule has 1 aliphatic rings. The van der Waals surface area contributed by atoms with Gasteiger partial charge in [0.15, 0.2) is 0 Å². The second-order valence-electron chi connectivity index (χ2n) is 7.42. The van der Waals surface area contributed by atoms with Crippen molar-refractivity contribution in [2.75, 3.05) is 21.9 Å². The first-order valence-electron chi connectivity index (χ1n) is 9.98. The number of thiophene rings is 1. The summed E-state index contributed by atoms with van der Waals surface area (Å²) in [6.45, 7) is 0.446. The first kappa shape index (κ1) is 20.9. The zero-order valence-corrected chi connectivity index (χ0v) is 19.2. The number of benzene rings is 2. The predicted molar refractivity (Wildman–Crippen MR) is 130 cm³/mol. The molecule has 5 rings (SSSR count). The highest BCUT2D eigenvalue weighted by atomic mass is 35.5. The van der Waals surface area contributed by atoms with Gasteiger partial charge >= 0.3 is 0 Å². The summed E-state index contributed by atoms with van der Waals surface area (Å²) < 4.78 is 26.6. The molecule has 0 saturated carbocycles. The Morgan fingerprint density at radius 1 is 1.06 bits per heavy atom. The average Bonchev–Trinajstić information content (AvgIpc) is 3.37. The summed E-state index contributed by atoms with van der Waals surface area (Å²) in [5.41, 5.74) is 2.93. The van der Waals surface area contributed by atoms with E-state index in [1.165, 1.54) is 15.6 Å². The first-order chi connectivity index (χ1) is 15.4. The lowest BCUT2D eigenvalue weighted by Crippen LogP contribution is -2.25. The molecule has 6 nitrogen and oxygen atoms in total. The van der Waals surface area contributed by atoms with E-state index in [1.54, 1.807) is 36.4 Å². The van der Waals surface area contributed by atoms with Crippen molar-refractivity contribution < 1.29 is 13.2 Å². The first-order valence-corrected chi connectivity index (χ1v) is 12.8. The number of hydrogen-bond donors (Lipinski definition) is 1. The lowest BCUT2D eigenvalue weighted by Gasteiger charge is -2.18. The molecule has 2 aromatic heterocycles. The molecule has 1 N–H and O–H groups in total. The molecule has 0 unspecified atom stereocenters. The van der Waals surface area contributed by atoms with Crippen LogP contribution in [0, 0.1) is 0 Å². The third kappa shape index (κ3) is 3.97. The van der Waals surface area contributed by atoms with E-state index in [0.29, 0.717) is 45.5 Å². The molecule has 2 aromatic carbocycles. The van der Waals surface area contributed by atoms with Gasteiger partial charge in [0.2, 0.25) is 10.0 Å². The van der Waals surface area contributed by atoms with E-state index in [0.717, 1.165) is 10.3 Å². The molecule has 1 fully saturated rings. The molecule has 0 atom stereocenters. The summed E-state index contributed by atoms with van der Waals surface area (Å²) in [6, 6.07) is 19.8. The van der Waals surface area contributed by atoms with Crippen LogP contribution in [0.15, 0.2) is 66.7 Å². The van der Waals surface area contributed by atoms with Crippen LogP contribution in [-0.2, 0) is 10.0 Å². The normalized spacial score (nSPS) is 15.2. The minimum Gasteiger partial charge on any atom is -0.322 e. The summed E-state index contributed by atoms with van der Waals surface area (Å²) >= 11 is 7.49. The number of nitrogens with one attached hydrogen (secondary N) is 1. The van der Waals surface area contributed by atoms with E-state index in [1.807, 2.05) is 30.3 Å². The molecule has 3 heterocycles. The van der Waals surface area contributed by atoms with Crippen LogP contribution >= 0.6 is 22.9 Å². The van der Waals surface area contributed by atoms with Gasteiger partial charge in [-0.3, -0.25) is 9.10 Å². The number of fused-ring (bicyclic) bond motifs is 1. The van der Waals surface area contributed by atoms with Crippen molar-refractivity contribution in [3.63, 3.8) is 0 Å². The van der Waals surface area contributed by atoms with E-state index in [-0.39, 0.29) is 11.7 Å². The van der Waals surface area contributed by atoms with E-state index < -0.39 is 10.0 Å². The zero-order chi connectivity index (χ0) is 22.3. The molecular formula is C23H18ClN3O3S2. The molecule has 32 heavy (non-hydrogen) atoms. The maximum atomic E-state index is 13.3. The number of nitrogens with zero attached hydrogens (tertiary/aromatic N) is 2. The second-order valence-corrected chi connectivity index (χ2v) is 11.2. The fraction of sp³-hybridized carbons (Fsp3) is 0.130. The van der Waals surface area contributed by atoms with Gasteiger partial charge in [-0.1, -0.05) is 35.9 Å². The van der Waals surface area contributed by atoms with Crippen LogP contribution in [-0.4, -0.2) is 31.6 Å². The van der Waals surface area contributed by atoms with E-state index in [2.05, 4.69) is 10.3 Å². The minimum atomic E-state index is -3.30. The fourth-order valence-corrected chi connectivity index (χ4v) is 6.37. The van der Waals surface area contributed by atoms with Crippen LogP contribution in [0.1, 0.15) is 16.8 Å². The Labute approximate surface area is 194 Å². The van der Waals surface area contributed by atoms with Gasteiger partial charge < -0.3 is 5.32 Å². The number of hydrogen-bond acceptors (Lipinski definition) is 5. The third-order valence-corrected chi connectivity index (χ3v) is 8.40. The Balaban J connectivity index is 1.51.